The molecule has 106 valence electrons. The summed E-state index contributed by atoms with van der Waals surface area (Å²) in [5.74, 6) is 0. The molecule has 7 nitrogen and oxygen atoms in total. The second kappa shape index (κ2) is 9.95. The van der Waals surface area contributed by atoms with Crippen LogP contribution in [0.15, 0.2) is 30.6 Å². The van der Waals surface area contributed by atoms with Gasteiger partial charge < -0.3 is 27.6 Å². The lowest BCUT2D eigenvalue weighted by atomic mass is 10.5. The molecule has 0 aromatic carbocycles. The zero-order valence-corrected chi connectivity index (χ0v) is 11.0. The van der Waals surface area contributed by atoms with Crippen molar-refractivity contribution in [2.75, 3.05) is 13.2 Å². The molecule has 0 radical (unpaired) electrons. The van der Waals surface area contributed by atoms with Gasteiger partial charge in [0.2, 0.25) is 6.67 Å². The van der Waals surface area contributed by atoms with Crippen LogP contribution in [0.4, 0.5) is 9.59 Å². The molecule has 1 aromatic rings. The van der Waals surface area contributed by atoms with Crippen LogP contribution < -0.4 is 28.0 Å². The maximum Gasteiger partial charge on any atom is 0.411 e. The fourth-order valence-corrected chi connectivity index (χ4v) is 1.14. The summed E-state index contributed by atoms with van der Waals surface area (Å²) in [5, 5.41) is 2.57. The SMILES string of the molecule is NC(=O)OCCCOC(=O)NC[n+]1ccccc1.[Cl-]. The summed E-state index contributed by atoms with van der Waals surface area (Å²) in [5.41, 5.74) is 4.76. The number of alkyl carbamates (subject to hydrolysis) is 1. The number of carbonyl (C=O) groups excluding carboxylic acids is 2. The Labute approximate surface area is 117 Å². The van der Waals surface area contributed by atoms with Crippen molar-refractivity contribution in [2.45, 2.75) is 13.1 Å². The third-order valence-electron chi connectivity index (χ3n) is 1.95. The third kappa shape index (κ3) is 8.67. The monoisotopic (exact) mass is 289 g/mol. The van der Waals surface area contributed by atoms with Crippen LogP contribution in [0.5, 0.6) is 0 Å². The molecule has 0 bridgehead atoms. The quantitative estimate of drug-likeness (QED) is 0.435. The number of aromatic nitrogens is 1. The van der Waals surface area contributed by atoms with E-state index in [-0.39, 0.29) is 25.6 Å². The number of nitrogens with two attached hydrogens (primary N) is 1. The number of carbonyl (C=O) groups is 2. The van der Waals surface area contributed by atoms with Gasteiger partial charge in [0.1, 0.15) is 0 Å². The Morgan fingerprint density at radius 3 is 2.37 bits per heavy atom. The normalized spacial score (nSPS) is 9.05. The highest BCUT2D eigenvalue weighted by Gasteiger charge is 2.04. The highest BCUT2D eigenvalue weighted by Crippen LogP contribution is 1.86. The van der Waals surface area contributed by atoms with Crippen molar-refractivity contribution in [2.24, 2.45) is 5.73 Å². The fourth-order valence-electron chi connectivity index (χ4n) is 1.14. The van der Waals surface area contributed by atoms with Crippen LogP contribution in [-0.2, 0) is 16.1 Å². The lowest BCUT2D eigenvalue weighted by Crippen LogP contribution is -3.00. The molecule has 0 unspecified atom stereocenters. The van der Waals surface area contributed by atoms with E-state index in [4.69, 9.17) is 10.5 Å². The van der Waals surface area contributed by atoms with Gasteiger partial charge in [0.25, 0.3) is 0 Å². The Hall–Kier alpha value is -2.02. The first-order valence-corrected chi connectivity index (χ1v) is 5.45. The minimum atomic E-state index is -0.833. The highest BCUT2D eigenvalue weighted by atomic mass is 35.5. The number of pyridine rings is 1. The van der Waals surface area contributed by atoms with E-state index in [1.165, 1.54) is 0 Å². The summed E-state index contributed by atoms with van der Waals surface area (Å²) in [6.07, 6.45) is 2.70. The summed E-state index contributed by atoms with van der Waals surface area (Å²) < 4.78 is 11.1. The van der Waals surface area contributed by atoms with E-state index in [2.05, 4.69) is 10.1 Å². The van der Waals surface area contributed by atoms with E-state index in [0.29, 0.717) is 13.1 Å². The van der Waals surface area contributed by atoms with Crippen LogP contribution in [0.1, 0.15) is 6.42 Å². The van der Waals surface area contributed by atoms with E-state index in [0.717, 1.165) is 0 Å². The number of nitrogens with one attached hydrogen (secondary N) is 1. The van der Waals surface area contributed by atoms with Crippen LogP contribution in [0.25, 0.3) is 0 Å². The van der Waals surface area contributed by atoms with Gasteiger partial charge in [-0.2, -0.15) is 4.57 Å². The van der Waals surface area contributed by atoms with Gasteiger partial charge in [0, 0.05) is 18.6 Å². The van der Waals surface area contributed by atoms with Crippen LogP contribution in [-0.4, -0.2) is 25.4 Å². The molecule has 2 amide bonds. The van der Waals surface area contributed by atoms with Crippen molar-refractivity contribution >= 4 is 12.2 Å². The topological polar surface area (TPSA) is 94.5 Å². The smallest absolute Gasteiger partial charge is 0.411 e. The van der Waals surface area contributed by atoms with Gasteiger partial charge in [-0.15, -0.1) is 0 Å². The van der Waals surface area contributed by atoms with Crippen molar-refractivity contribution in [3.8, 4) is 0 Å². The summed E-state index contributed by atoms with van der Waals surface area (Å²) in [6, 6.07) is 5.59. The predicted octanol–water partition coefficient (Wildman–Crippen LogP) is -2.85. The summed E-state index contributed by atoms with van der Waals surface area (Å²) in [6.45, 7) is 0.631. The Kier molecular flexibility index (Phi) is 8.90. The van der Waals surface area contributed by atoms with Crippen LogP contribution >= 0.6 is 0 Å². The average Bonchev–Trinajstić information content (AvgIpc) is 2.37. The average molecular weight is 290 g/mol. The minimum Gasteiger partial charge on any atom is -1.00 e. The van der Waals surface area contributed by atoms with Gasteiger partial charge in [-0.05, 0) is 0 Å². The molecular weight excluding hydrogens is 274 g/mol. The van der Waals surface area contributed by atoms with Crippen molar-refractivity contribution in [1.82, 2.24) is 5.32 Å². The molecule has 0 aliphatic rings. The van der Waals surface area contributed by atoms with E-state index in [9.17, 15) is 9.59 Å². The molecule has 1 heterocycles. The van der Waals surface area contributed by atoms with Gasteiger partial charge in [0.05, 0.1) is 13.2 Å². The number of halogens is 1. The van der Waals surface area contributed by atoms with Gasteiger partial charge >= 0.3 is 12.2 Å². The van der Waals surface area contributed by atoms with Crippen molar-refractivity contribution in [1.29, 1.82) is 0 Å². The number of nitrogens with zero attached hydrogens (tertiary/aromatic N) is 1. The largest absolute Gasteiger partial charge is 1.00 e. The molecule has 1 rings (SSSR count). The molecule has 0 spiro atoms. The maximum absolute atomic E-state index is 11.2. The molecule has 0 atom stereocenters. The molecule has 0 fully saturated rings. The molecular formula is C11H16ClN3O4. The Morgan fingerprint density at radius 1 is 1.11 bits per heavy atom. The zero-order valence-electron chi connectivity index (χ0n) is 10.3. The van der Waals surface area contributed by atoms with Gasteiger partial charge in [-0.1, -0.05) is 6.07 Å². The zero-order chi connectivity index (χ0) is 13.2. The summed E-state index contributed by atoms with van der Waals surface area (Å²) in [7, 11) is 0. The molecule has 0 aliphatic carbocycles. The molecule has 0 saturated carbocycles. The summed E-state index contributed by atoms with van der Waals surface area (Å²) >= 11 is 0. The Morgan fingerprint density at radius 2 is 1.74 bits per heavy atom. The van der Waals surface area contributed by atoms with Crippen LogP contribution in [0, 0.1) is 0 Å². The molecule has 8 heteroatoms. The fraction of sp³-hybridized carbons (Fsp3) is 0.364. The van der Waals surface area contributed by atoms with Gasteiger partial charge in [-0.25, -0.2) is 9.59 Å². The van der Waals surface area contributed by atoms with Gasteiger partial charge in [-0.3, -0.25) is 5.32 Å². The molecule has 1 aromatic heterocycles. The van der Waals surface area contributed by atoms with Crippen molar-refractivity contribution in [3.05, 3.63) is 30.6 Å². The van der Waals surface area contributed by atoms with Crippen LogP contribution in [0.3, 0.4) is 0 Å². The number of rotatable bonds is 6. The lowest BCUT2D eigenvalue weighted by molar-refractivity contribution is -0.700. The van der Waals surface area contributed by atoms with E-state index in [1.807, 2.05) is 30.6 Å². The van der Waals surface area contributed by atoms with Crippen LogP contribution in [0.2, 0.25) is 0 Å². The van der Waals surface area contributed by atoms with Crippen molar-refractivity contribution in [3.63, 3.8) is 0 Å². The van der Waals surface area contributed by atoms with E-state index in [1.54, 1.807) is 4.57 Å². The highest BCUT2D eigenvalue weighted by molar-refractivity contribution is 5.66. The molecule has 0 saturated heterocycles. The second-order valence-corrected chi connectivity index (χ2v) is 3.38. The first-order chi connectivity index (χ1) is 8.68. The second-order valence-electron chi connectivity index (χ2n) is 3.38. The summed E-state index contributed by atoms with van der Waals surface area (Å²) in [4.78, 5) is 21.5. The van der Waals surface area contributed by atoms with E-state index >= 15 is 0 Å². The Balaban J connectivity index is 0.00000324. The number of ether oxygens (including phenoxy) is 2. The predicted molar refractivity (Wildman–Crippen MR) is 61.3 cm³/mol. The minimum absolute atomic E-state index is 0. The van der Waals surface area contributed by atoms with Gasteiger partial charge in [0.15, 0.2) is 12.4 Å². The third-order valence-corrected chi connectivity index (χ3v) is 1.95. The van der Waals surface area contributed by atoms with E-state index < -0.39 is 12.2 Å². The number of hydrogen-bond donors (Lipinski definition) is 2. The number of amides is 2. The maximum atomic E-state index is 11.2. The standard InChI is InChI=1S/C11H15N3O4.ClH/c12-10(15)17-7-4-8-18-11(16)13-9-14-5-2-1-3-6-14;/h1-3,5-6H,4,7-9H2,(H2-,12,13,15,16);1H. The number of hydrogen-bond acceptors (Lipinski definition) is 4. The first-order valence-electron chi connectivity index (χ1n) is 5.45. The molecule has 19 heavy (non-hydrogen) atoms. The molecule has 0 aliphatic heterocycles. The first kappa shape index (κ1) is 17.0. The lowest BCUT2D eigenvalue weighted by Gasteiger charge is -2.05. The molecule has 3 N–H and O–H groups in total. The Bertz CT molecular complexity index is 389. The number of primary amides is 1. The van der Waals surface area contributed by atoms with Crippen molar-refractivity contribution < 1.29 is 36.0 Å².